The Bertz CT molecular complexity index is 599. The normalized spacial score (nSPS) is 24.5. The number of aryl methyl sites for hydroxylation is 1. The SMILES string of the molecule is CCCN1CCCC2(CCCN2C(=O)c2cnc(C)nc2)C1=O. The second-order valence-electron chi connectivity index (χ2n) is 6.51. The highest BCUT2D eigenvalue weighted by molar-refractivity contribution is 5.99. The standard InChI is InChI=1S/C17H24N4O2/c1-3-8-20-9-4-6-17(16(20)23)7-5-10-21(17)15(22)14-11-18-13(2)19-12-14/h11-12H,3-10H2,1-2H3. The first kappa shape index (κ1) is 15.9. The van der Waals surface area contributed by atoms with Crippen LogP contribution in [0.5, 0.6) is 0 Å². The fourth-order valence-electron chi connectivity index (χ4n) is 3.86. The van der Waals surface area contributed by atoms with Gasteiger partial charge in [0.1, 0.15) is 11.4 Å². The minimum Gasteiger partial charge on any atom is -0.341 e. The average molecular weight is 316 g/mol. The number of hydrogen-bond donors (Lipinski definition) is 0. The second kappa shape index (κ2) is 6.26. The van der Waals surface area contributed by atoms with Crippen molar-refractivity contribution in [1.82, 2.24) is 19.8 Å². The Morgan fingerprint density at radius 2 is 1.87 bits per heavy atom. The van der Waals surface area contributed by atoms with E-state index >= 15 is 0 Å². The third kappa shape index (κ3) is 2.71. The minimum absolute atomic E-state index is 0.116. The lowest BCUT2D eigenvalue weighted by atomic mass is 9.85. The lowest BCUT2D eigenvalue weighted by Gasteiger charge is -2.44. The lowest BCUT2D eigenvalue weighted by molar-refractivity contribution is -0.145. The number of nitrogens with zero attached hydrogens (tertiary/aromatic N) is 4. The lowest BCUT2D eigenvalue weighted by Crippen LogP contribution is -2.61. The van der Waals surface area contributed by atoms with Crippen LogP contribution in [0.4, 0.5) is 0 Å². The molecule has 6 heteroatoms. The molecule has 0 saturated carbocycles. The van der Waals surface area contributed by atoms with Crippen LogP contribution in [0.3, 0.4) is 0 Å². The first-order valence-corrected chi connectivity index (χ1v) is 8.48. The molecule has 1 atom stereocenters. The molecular formula is C17H24N4O2. The molecule has 0 N–H and O–H groups in total. The quantitative estimate of drug-likeness (QED) is 0.853. The highest BCUT2D eigenvalue weighted by Gasteiger charge is 2.52. The zero-order chi connectivity index (χ0) is 16.4. The Morgan fingerprint density at radius 1 is 1.22 bits per heavy atom. The van der Waals surface area contributed by atoms with Crippen molar-refractivity contribution in [2.75, 3.05) is 19.6 Å². The Labute approximate surface area is 136 Å². The number of likely N-dealkylation sites (tertiary alicyclic amines) is 2. The number of aromatic nitrogens is 2. The van der Waals surface area contributed by atoms with Gasteiger partial charge in [-0.05, 0) is 39.0 Å². The first-order valence-electron chi connectivity index (χ1n) is 8.48. The topological polar surface area (TPSA) is 66.4 Å². The Hall–Kier alpha value is -1.98. The minimum atomic E-state index is -0.643. The molecular weight excluding hydrogens is 292 g/mol. The monoisotopic (exact) mass is 316 g/mol. The molecule has 0 radical (unpaired) electrons. The molecule has 3 heterocycles. The van der Waals surface area contributed by atoms with E-state index in [0.717, 1.165) is 45.2 Å². The number of hydrogen-bond acceptors (Lipinski definition) is 4. The van der Waals surface area contributed by atoms with E-state index in [1.54, 1.807) is 24.2 Å². The fraction of sp³-hybridized carbons (Fsp3) is 0.647. The molecule has 1 aromatic rings. The van der Waals surface area contributed by atoms with Crippen molar-refractivity contribution >= 4 is 11.8 Å². The Morgan fingerprint density at radius 3 is 2.52 bits per heavy atom. The third-order valence-electron chi connectivity index (χ3n) is 4.96. The summed E-state index contributed by atoms with van der Waals surface area (Å²) in [5, 5.41) is 0. The molecule has 2 aliphatic rings. The van der Waals surface area contributed by atoms with E-state index in [2.05, 4.69) is 16.9 Å². The summed E-state index contributed by atoms with van der Waals surface area (Å²) < 4.78 is 0. The van der Waals surface area contributed by atoms with Crippen LogP contribution in [-0.4, -0.2) is 56.8 Å². The number of rotatable bonds is 3. The Balaban J connectivity index is 1.88. The van der Waals surface area contributed by atoms with Crippen molar-refractivity contribution in [1.29, 1.82) is 0 Å². The van der Waals surface area contributed by atoms with Crippen LogP contribution >= 0.6 is 0 Å². The van der Waals surface area contributed by atoms with Crippen molar-refractivity contribution in [2.24, 2.45) is 0 Å². The average Bonchev–Trinajstić information content (AvgIpc) is 2.97. The molecule has 0 aliphatic carbocycles. The predicted molar refractivity (Wildman–Crippen MR) is 85.9 cm³/mol. The van der Waals surface area contributed by atoms with Crippen molar-refractivity contribution < 1.29 is 9.59 Å². The molecule has 1 unspecified atom stereocenters. The summed E-state index contributed by atoms with van der Waals surface area (Å²) in [6.45, 7) is 6.09. The molecule has 2 amide bonds. The van der Waals surface area contributed by atoms with Crippen LogP contribution in [0.1, 0.15) is 55.2 Å². The number of carbonyl (C=O) groups is 2. The van der Waals surface area contributed by atoms with Crippen LogP contribution < -0.4 is 0 Å². The molecule has 6 nitrogen and oxygen atoms in total. The van der Waals surface area contributed by atoms with Crippen molar-refractivity contribution in [3.05, 3.63) is 23.8 Å². The van der Waals surface area contributed by atoms with Crippen molar-refractivity contribution in [2.45, 2.75) is 51.5 Å². The predicted octanol–water partition coefficient (Wildman–Crippen LogP) is 1.79. The molecule has 23 heavy (non-hydrogen) atoms. The van der Waals surface area contributed by atoms with Crippen LogP contribution in [0.2, 0.25) is 0 Å². The molecule has 2 fully saturated rings. The van der Waals surface area contributed by atoms with Gasteiger partial charge in [-0.3, -0.25) is 9.59 Å². The summed E-state index contributed by atoms with van der Waals surface area (Å²) in [6.07, 6.45) is 7.45. The zero-order valence-electron chi connectivity index (χ0n) is 13.9. The zero-order valence-corrected chi connectivity index (χ0v) is 13.9. The van der Waals surface area contributed by atoms with Gasteiger partial charge in [0, 0.05) is 32.0 Å². The van der Waals surface area contributed by atoms with Crippen molar-refractivity contribution in [3.63, 3.8) is 0 Å². The summed E-state index contributed by atoms with van der Waals surface area (Å²) in [5.41, 5.74) is -0.174. The van der Waals surface area contributed by atoms with Gasteiger partial charge in [0.2, 0.25) is 5.91 Å². The fourth-order valence-corrected chi connectivity index (χ4v) is 3.86. The molecule has 3 rings (SSSR count). The van der Waals surface area contributed by atoms with Gasteiger partial charge in [-0.15, -0.1) is 0 Å². The van der Waals surface area contributed by atoms with Gasteiger partial charge < -0.3 is 9.80 Å². The van der Waals surface area contributed by atoms with Crippen LogP contribution in [-0.2, 0) is 4.79 Å². The van der Waals surface area contributed by atoms with Crippen molar-refractivity contribution in [3.8, 4) is 0 Å². The van der Waals surface area contributed by atoms with E-state index in [1.165, 1.54) is 0 Å². The highest BCUT2D eigenvalue weighted by Crippen LogP contribution is 2.39. The first-order chi connectivity index (χ1) is 11.1. The van der Waals surface area contributed by atoms with E-state index in [1.807, 2.05) is 4.90 Å². The third-order valence-corrected chi connectivity index (χ3v) is 4.96. The number of carbonyl (C=O) groups excluding carboxylic acids is 2. The molecule has 124 valence electrons. The van der Waals surface area contributed by atoms with E-state index in [0.29, 0.717) is 17.9 Å². The van der Waals surface area contributed by atoms with E-state index in [4.69, 9.17) is 0 Å². The summed E-state index contributed by atoms with van der Waals surface area (Å²) in [5.74, 6) is 0.652. The van der Waals surface area contributed by atoms with Crippen LogP contribution in [0.15, 0.2) is 12.4 Å². The molecule has 2 aliphatic heterocycles. The van der Waals surface area contributed by atoms with E-state index in [-0.39, 0.29) is 11.8 Å². The van der Waals surface area contributed by atoms with Gasteiger partial charge in [0.05, 0.1) is 5.56 Å². The smallest absolute Gasteiger partial charge is 0.257 e. The number of amides is 2. The van der Waals surface area contributed by atoms with Crippen LogP contribution in [0.25, 0.3) is 0 Å². The molecule has 0 bridgehead atoms. The second-order valence-corrected chi connectivity index (χ2v) is 6.51. The van der Waals surface area contributed by atoms with Gasteiger partial charge in [0.25, 0.3) is 5.91 Å². The van der Waals surface area contributed by atoms with Gasteiger partial charge in [-0.1, -0.05) is 6.92 Å². The largest absolute Gasteiger partial charge is 0.341 e. The van der Waals surface area contributed by atoms with Gasteiger partial charge >= 0.3 is 0 Å². The van der Waals surface area contributed by atoms with Gasteiger partial charge in [-0.2, -0.15) is 0 Å². The molecule has 1 aromatic heterocycles. The highest BCUT2D eigenvalue weighted by atomic mass is 16.2. The van der Waals surface area contributed by atoms with Gasteiger partial charge in [-0.25, -0.2) is 9.97 Å². The summed E-state index contributed by atoms with van der Waals surface area (Å²) in [6, 6.07) is 0. The maximum Gasteiger partial charge on any atom is 0.257 e. The molecule has 1 spiro atoms. The maximum absolute atomic E-state index is 13.0. The molecule has 0 aromatic carbocycles. The van der Waals surface area contributed by atoms with E-state index < -0.39 is 5.54 Å². The van der Waals surface area contributed by atoms with E-state index in [9.17, 15) is 9.59 Å². The summed E-state index contributed by atoms with van der Waals surface area (Å²) in [4.78, 5) is 37.9. The summed E-state index contributed by atoms with van der Waals surface area (Å²) in [7, 11) is 0. The number of piperidine rings is 1. The Kier molecular flexibility index (Phi) is 4.33. The van der Waals surface area contributed by atoms with Gasteiger partial charge in [0.15, 0.2) is 0 Å². The maximum atomic E-state index is 13.0. The van der Waals surface area contributed by atoms with Crippen LogP contribution in [0, 0.1) is 6.92 Å². The summed E-state index contributed by atoms with van der Waals surface area (Å²) >= 11 is 0. The molecule has 2 saturated heterocycles.